The van der Waals surface area contributed by atoms with Crippen LogP contribution in [0, 0.1) is 0 Å². The highest BCUT2D eigenvalue weighted by atomic mass is 79.9. The molecule has 0 aliphatic heterocycles. The van der Waals surface area contributed by atoms with E-state index >= 15 is 0 Å². The minimum atomic E-state index is -0.422. The summed E-state index contributed by atoms with van der Waals surface area (Å²) < 4.78 is 22.7. The van der Waals surface area contributed by atoms with Crippen LogP contribution in [0.3, 0.4) is 0 Å². The summed E-state index contributed by atoms with van der Waals surface area (Å²) in [5.41, 5.74) is 3.95. The van der Waals surface area contributed by atoms with Gasteiger partial charge < -0.3 is 18.9 Å². The van der Waals surface area contributed by atoms with Crippen molar-refractivity contribution in [3.05, 3.63) is 80.2 Å². The number of carbonyl (C=O) groups is 1. The van der Waals surface area contributed by atoms with Gasteiger partial charge in [0.2, 0.25) is 0 Å². The highest BCUT2D eigenvalue weighted by Crippen LogP contribution is 2.37. The number of para-hydroxylation sites is 2. The van der Waals surface area contributed by atoms with Crippen molar-refractivity contribution in [2.45, 2.75) is 6.61 Å². The van der Waals surface area contributed by atoms with Gasteiger partial charge in [0.15, 0.2) is 29.6 Å². The zero-order chi connectivity index (χ0) is 24.5. The van der Waals surface area contributed by atoms with Gasteiger partial charge in [-0.15, -0.1) is 0 Å². The van der Waals surface area contributed by atoms with Crippen molar-refractivity contribution in [1.82, 2.24) is 5.43 Å². The molecule has 0 aliphatic carbocycles. The van der Waals surface area contributed by atoms with Gasteiger partial charge in [0.05, 0.1) is 35.0 Å². The quantitative estimate of drug-likeness (QED) is 0.244. The normalized spacial score (nSPS) is 10.7. The maximum atomic E-state index is 12.1. The fraction of sp³-hybridized carbons (Fsp3) is 0.167. The highest BCUT2D eigenvalue weighted by Gasteiger charge is 2.12. The van der Waals surface area contributed by atoms with E-state index in [-0.39, 0.29) is 13.2 Å². The summed E-state index contributed by atoms with van der Waals surface area (Å²) in [5, 5.41) is 4.91. The van der Waals surface area contributed by atoms with Crippen LogP contribution in [0.2, 0.25) is 10.0 Å². The van der Waals surface area contributed by atoms with E-state index in [1.165, 1.54) is 20.4 Å². The van der Waals surface area contributed by atoms with Gasteiger partial charge in [0.1, 0.15) is 6.61 Å². The molecule has 0 spiro atoms. The molecule has 7 nitrogen and oxygen atoms in total. The van der Waals surface area contributed by atoms with Crippen LogP contribution in [0.4, 0.5) is 0 Å². The summed E-state index contributed by atoms with van der Waals surface area (Å²) in [6.45, 7) is 0.0494. The first-order valence-corrected chi connectivity index (χ1v) is 11.5. The van der Waals surface area contributed by atoms with E-state index in [9.17, 15) is 4.79 Å². The molecule has 0 aliphatic rings. The molecule has 3 aromatic rings. The van der Waals surface area contributed by atoms with Crippen molar-refractivity contribution in [2.75, 3.05) is 20.8 Å². The zero-order valence-corrected chi connectivity index (χ0v) is 21.4. The lowest BCUT2D eigenvalue weighted by atomic mass is 10.2. The average Bonchev–Trinajstić information content (AvgIpc) is 2.84. The second-order valence-electron chi connectivity index (χ2n) is 6.80. The molecule has 0 bridgehead atoms. The van der Waals surface area contributed by atoms with Gasteiger partial charge >= 0.3 is 0 Å². The molecule has 0 atom stereocenters. The Hall–Kier alpha value is -2.94. The number of halogens is 3. The minimum absolute atomic E-state index is 0.216. The first kappa shape index (κ1) is 25.7. The number of ether oxygens (including phenoxy) is 4. The van der Waals surface area contributed by atoms with Crippen LogP contribution < -0.4 is 24.4 Å². The van der Waals surface area contributed by atoms with E-state index in [1.807, 2.05) is 12.1 Å². The molecule has 1 N–H and O–H groups in total. The van der Waals surface area contributed by atoms with Gasteiger partial charge in [-0.3, -0.25) is 4.79 Å². The summed E-state index contributed by atoms with van der Waals surface area (Å²) in [7, 11) is 3.06. The van der Waals surface area contributed by atoms with Crippen LogP contribution in [0.15, 0.2) is 64.2 Å². The van der Waals surface area contributed by atoms with Crippen LogP contribution in [0.5, 0.6) is 23.0 Å². The summed E-state index contributed by atoms with van der Waals surface area (Å²) in [4.78, 5) is 12.1. The maximum Gasteiger partial charge on any atom is 0.277 e. The fourth-order valence-corrected chi connectivity index (χ4v) is 3.73. The number of nitrogens with zero attached hydrogens (tertiary/aromatic N) is 1. The summed E-state index contributed by atoms with van der Waals surface area (Å²) in [5.74, 6) is 1.59. The molecule has 0 unspecified atom stereocenters. The Kier molecular flexibility index (Phi) is 9.44. The number of nitrogens with one attached hydrogen (secondary N) is 1. The van der Waals surface area contributed by atoms with Crippen LogP contribution in [-0.4, -0.2) is 32.9 Å². The second-order valence-corrected chi connectivity index (χ2v) is 8.47. The number of hydrogen-bond donors (Lipinski definition) is 1. The standard InChI is InChI=1S/C24H21BrCl2N2O5/c1-31-20-5-3-4-6-21(20)33-14-23(30)29-28-12-16-9-17(25)24(22(11-16)32-2)34-13-15-7-8-18(26)19(27)10-15/h3-12H,13-14H2,1-2H3,(H,29,30)/b28-12-. The molecule has 0 saturated carbocycles. The molecular weight excluding hydrogens is 547 g/mol. The number of hydrogen-bond acceptors (Lipinski definition) is 6. The van der Waals surface area contributed by atoms with E-state index in [0.29, 0.717) is 43.1 Å². The predicted octanol–water partition coefficient (Wildman–Crippen LogP) is 5.88. The SMILES string of the molecule is COc1ccccc1OCC(=O)N/N=C\c1cc(Br)c(OCc2ccc(Cl)c(Cl)c2)c(OC)c1. The van der Waals surface area contributed by atoms with Crippen molar-refractivity contribution in [1.29, 1.82) is 0 Å². The smallest absolute Gasteiger partial charge is 0.277 e. The third kappa shape index (κ3) is 7.03. The van der Waals surface area contributed by atoms with Crippen molar-refractivity contribution >= 4 is 51.3 Å². The van der Waals surface area contributed by atoms with Gasteiger partial charge in [-0.2, -0.15) is 5.10 Å². The van der Waals surface area contributed by atoms with E-state index in [1.54, 1.807) is 42.5 Å². The van der Waals surface area contributed by atoms with Gasteiger partial charge in [0, 0.05) is 0 Å². The van der Waals surface area contributed by atoms with Gasteiger partial charge in [-0.25, -0.2) is 5.43 Å². The zero-order valence-electron chi connectivity index (χ0n) is 18.3. The number of benzene rings is 3. The Bertz CT molecular complexity index is 1190. The minimum Gasteiger partial charge on any atom is -0.493 e. The monoisotopic (exact) mass is 566 g/mol. The van der Waals surface area contributed by atoms with Crippen molar-refractivity contribution < 1.29 is 23.7 Å². The summed E-state index contributed by atoms with van der Waals surface area (Å²) >= 11 is 15.5. The van der Waals surface area contributed by atoms with E-state index < -0.39 is 5.91 Å². The van der Waals surface area contributed by atoms with Crippen LogP contribution >= 0.6 is 39.1 Å². The molecule has 178 valence electrons. The van der Waals surface area contributed by atoms with Crippen molar-refractivity contribution in [3.8, 4) is 23.0 Å². The molecule has 10 heteroatoms. The molecule has 0 radical (unpaired) electrons. The van der Waals surface area contributed by atoms with Gasteiger partial charge in [0.25, 0.3) is 5.91 Å². The number of carbonyl (C=O) groups excluding carboxylic acids is 1. The lowest BCUT2D eigenvalue weighted by Crippen LogP contribution is -2.24. The molecule has 0 fully saturated rings. The highest BCUT2D eigenvalue weighted by molar-refractivity contribution is 9.10. The van der Waals surface area contributed by atoms with Crippen molar-refractivity contribution in [3.63, 3.8) is 0 Å². The largest absolute Gasteiger partial charge is 0.493 e. The van der Waals surface area contributed by atoms with E-state index in [0.717, 1.165) is 5.56 Å². The molecule has 0 heterocycles. The molecule has 3 rings (SSSR count). The molecular formula is C24H21BrCl2N2O5. The molecule has 34 heavy (non-hydrogen) atoms. The molecule has 1 amide bonds. The Morgan fingerprint density at radius 3 is 2.41 bits per heavy atom. The molecule has 3 aromatic carbocycles. The van der Waals surface area contributed by atoms with Crippen LogP contribution in [0.1, 0.15) is 11.1 Å². The predicted molar refractivity (Wildman–Crippen MR) is 136 cm³/mol. The number of hydrazone groups is 1. The third-order valence-electron chi connectivity index (χ3n) is 4.45. The second kappa shape index (κ2) is 12.5. The first-order chi connectivity index (χ1) is 16.4. The summed E-state index contributed by atoms with van der Waals surface area (Å²) in [6, 6.07) is 15.9. The number of methoxy groups -OCH3 is 2. The topological polar surface area (TPSA) is 78.4 Å². The Labute approximate surface area is 215 Å². The van der Waals surface area contributed by atoms with Crippen LogP contribution in [-0.2, 0) is 11.4 Å². The molecule has 0 aromatic heterocycles. The third-order valence-corrected chi connectivity index (χ3v) is 5.78. The Morgan fingerprint density at radius 2 is 1.71 bits per heavy atom. The van der Waals surface area contributed by atoms with Gasteiger partial charge in [-0.1, -0.05) is 41.4 Å². The summed E-state index contributed by atoms with van der Waals surface area (Å²) in [6.07, 6.45) is 1.48. The van der Waals surface area contributed by atoms with Gasteiger partial charge in [-0.05, 0) is 63.5 Å². The number of amides is 1. The maximum absolute atomic E-state index is 12.1. The van der Waals surface area contributed by atoms with Crippen molar-refractivity contribution in [2.24, 2.45) is 5.10 Å². The van der Waals surface area contributed by atoms with E-state index in [2.05, 4.69) is 26.5 Å². The van der Waals surface area contributed by atoms with E-state index in [4.69, 9.17) is 42.1 Å². The molecule has 0 saturated heterocycles. The Balaban J connectivity index is 1.59. The fourth-order valence-electron chi connectivity index (χ4n) is 2.83. The first-order valence-electron chi connectivity index (χ1n) is 9.93. The number of rotatable bonds is 10. The average molecular weight is 568 g/mol. The lowest BCUT2D eigenvalue weighted by molar-refractivity contribution is -0.123. The lowest BCUT2D eigenvalue weighted by Gasteiger charge is -2.14. The Morgan fingerprint density at radius 1 is 0.971 bits per heavy atom. The van der Waals surface area contributed by atoms with Crippen LogP contribution in [0.25, 0.3) is 0 Å².